The second-order valence-electron chi connectivity index (χ2n) is 10.6. The van der Waals surface area contributed by atoms with Gasteiger partial charge in [0, 0.05) is 50.6 Å². The number of tetrazole rings is 1. The molecule has 4 atom stereocenters. The zero-order valence-electron chi connectivity index (χ0n) is 23.2. The van der Waals surface area contributed by atoms with Gasteiger partial charge in [-0.3, -0.25) is 14.5 Å². The van der Waals surface area contributed by atoms with Crippen LogP contribution in [0.4, 0.5) is 0 Å². The number of piperazine rings is 1. The molecule has 1 N–H and O–H groups in total. The normalized spacial score (nSPS) is 20.5. The number of nitrogens with zero attached hydrogens (tertiary/aromatic N) is 6. The molecule has 0 saturated carbocycles. The van der Waals surface area contributed by atoms with Gasteiger partial charge in [0.25, 0.3) is 5.91 Å². The number of rotatable bonds is 13. The van der Waals surface area contributed by atoms with Crippen molar-refractivity contribution in [1.29, 1.82) is 0 Å². The lowest BCUT2D eigenvalue weighted by Crippen LogP contribution is -2.52. The van der Waals surface area contributed by atoms with Crippen LogP contribution in [0.5, 0.6) is 0 Å². The van der Waals surface area contributed by atoms with E-state index in [1.165, 1.54) is 0 Å². The van der Waals surface area contributed by atoms with Crippen molar-refractivity contribution in [2.75, 3.05) is 39.3 Å². The first-order valence-electron chi connectivity index (χ1n) is 14.3. The Labute approximate surface area is 239 Å². The van der Waals surface area contributed by atoms with Crippen molar-refractivity contribution >= 4 is 27.7 Å². The smallest absolute Gasteiger partial charge is 0.251 e. The Morgan fingerprint density at radius 2 is 1.87 bits per heavy atom. The van der Waals surface area contributed by atoms with E-state index in [1.807, 2.05) is 27.8 Å². The molecule has 2 aliphatic heterocycles. The average Bonchev–Trinajstić information content (AvgIpc) is 3.66. The van der Waals surface area contributed by atoms with E-state index in [1.54, 1.807) is 0 Å². The molecular weight excluding hydrogens is 562 g/mol. The van der Waals surface area contributed by atoms with E-state index in [9.17, 15) is 9.59 Å². The third-order valence-electron chi connectivity index (χ3n) is 7.72. The number of aromatic nitrogens is 4. The zero-order chi connectivity index (χ0) is 27.6. The van der Waals surface area contributed by atoms with Crippen LogP contribution in [0.2, 0.25) is 0 Å². The molecule has 2 saturated heterocycles. The number of hydrogen-bond donors (Lipinski definition) is 1. The van der Waals surface area contributed by atoms with Crippen LogP contribution in [0.3, 0.4) is 0 Å². The number of carbonyl (C=O) groups excluding carboxylic acids is 2. The lowest BCUT2D eigenvalue weighted by Gasteiger charge is -2.39. The summed E-state index contributed by atoms with van der Waals surface area (Å²) in [5.41, 5.74) is 1.14. The van der Waals surface area contributed by atoms with Gasteiger partial charge in [0.1, 0.15) is 6.10 Å². The summed E-state index contributed by atoms with van der Waals surface area (Å²) in [6.45, 7) is 8.31. The van der Waals surface area contributed by atoms with Gasteiger partial charge in [0.2, 0.25) is 5.91 Å². The predicted molar refractivity (Wildman–Crippen MR) is 152 cm³/mol. The van der Waals surface area contributed by atoms with Crippen molar-refractivity contribution in [2.24, 2.45) is 0 Å². The van der Waals surface area contributed by atoms with Gasteiger partial charge in [0.05, 0.1) is 12.1 Å². The fourth-order valence-electron chi connectivity index (χ4n) is 5.43. The summed E-state index contributed by atoms with van der Waals surface area (Å²) in [4.78, 5) is 29.9. The Morgan fingerprint density at radius 1 is 1.10 bits per heavy atom. The van der Waals surface area contributed by atoms with Crippen LogP contribution in [0, 0.1) is 0 Å². The molecule has 39 heavy (non-hydrogen) atoms. The van der Waals surface area contributed by atoms with E-state index in [0.717, 1.165) is 63.0 Å². The van der Waals surface area contributed by atoms with Crippen molar-refractivity contribution < 1.29 is 14.3 Å². The van der Waals surface area contributed by atoms with Crippen LogP contribution in [-0.2, 0) is 14.3 Å². The van der Waals surface area contributed by atoms with Gasteiger partial charge in [-0.15, -0.1) is 5.10 Å². The average molecular weight is 605 g/mol. The highest BCUT2D eigenvalue weighted by Gasteiger charge is 2.34. The molecule has 2 unspecified atom stereocenters. The van der Waals surface area contributed by atoms with E-state index >= 15 is 0 Å². The summed E-state index contributed by atoms with van der Waals surface area (Å²) >= 11 is 3.54. The molecule has 10 nitrogen and oxygen atoms in total. The molecular formula is C28H42BrN7O3. The van der Waals surface area contributed by atoms with Crippen LogP contribution >= 0.6 is 15.9 Å². The van der Waals surface area contributed by atoms with Crippen molar-refractivity contribution in [1.82, 2.24) is 35.3 Å². The molecule has 214 valence electrons. The minimum Gasteiger partial charge on any atom is -0.368 e. The number of carbonyl (C=O) groups is 2. The predicted octanol–water partition coefficient (Wildman–Crippen LogP) is 3.50. The SMILES string of the molecule is CC(Br)CCCC(=O)NCCC[C@H](c1nnnn1[C@@H](C)c1ccccc1)N1CCN(C(=O)C2CCCO2)CC1. The second-order valence-corrected chi connectivity index (χ2v) is 12.2. The molecule has 4 rings (SSSR count). The van der Waals surface area contributed by atoms with Crippen LogP contribution in [0.1, 0.15) is 82.3 Å². The highest BCUT2D eigenvalue weighted by molar-refractivity contribution is 9.09. The number of benzene rings is 1. The fraction of sp³-hybridized carbons (Fsp3) is 0.679. The molecule has 0 radical (unpaired) electrons. The first-order valence-corrected chi connectivity index (χ1v) is 15.2. The Morgan fingerprint density at radius 3 is 2.56 bits per heavy atom. The number of nitrogens with one attached hydrogen (secondary N) is 1. The molecule has 2 fully saturated rings. The number of halogens is 1. The van der Waals surface area contributed by atoms with Gasteiger partial charge < -0.3 is 15.0 Å². The van der Waals surface area contributed by atoms with Crippen molar-refractivity contribution in [2.45, 2.75) is 81.8 Å². The highest BCUT2D eigenvalue weighted by Crippen LogP contribution is 2.29. The summed E-state index contributed by atoms with van der Waals surface area (Å²) < 4.78 is 7.56. The summed E-state index contributed by atoms with van der Waals surface area (Å²) in [5, 5.41) is 16.0. The molecule has 0 bridgehead atoms. The molecule has 2 aliphatic rings. The summed E-state index contributed by atoms with van der Waals surface area (Å²) in [6.07, 6.45) is 5.51. The van der Waals surface area contributed by atoms with Crippen molar-refractivity contribution in [3.8, 4) is 0 Å². The van der Waals surface area contributed by atoms with Gasteiger partial charge in [-0.2, -0.15) is 0 Å². The summed E-state index contributed by atoms with van der Waals surface area (Å²) in [5.74, 6) is 1.04. The molecule has 0 spiro atoms. The largest absolute Gasteiger partial charge is 0.368 e. The number of alkyl halides is 1. The van der Waals surface area contributed by atoms with Crippen LogP contribution < -0.4 is 5.32 Å². The molecule has 2 aromatic rings. The minimum absolute atomic E-state index is 0.0161. The molecule has 2 amide bonds. The second kappa shape index (κ2) is 14.9. The Hall–Kier alpha value is -2.37. The lowest BCUT2D eigenvalue weighted by molar-refractivity contribution is -0.143. The Bertz CT molecular complexity index is 1040. The third kappa shape index (κ3) is 8.31. The molecule has 1 aromatic heterocycles. The lowest BCUT2D eigenvalue weighted by atomic mass is 10.0. The molecule has 3 heterocycles. The first kappa shape index (κ1) is 29.6. The summed E-state index contributed by atoms with van der Waals surface area (Å²) in [7, 11) is 0. The quantitative estimate of drug-likeness (QED) is 0.276. The molecule has 1 aromatic carbocycles. The Balaban J connectivity index is 1.40. The van der Waals surface area contributed by atoms with E-state index in [4.69, 9.17) is 4.74 Å². The maximum absolute atomic E-state index is 12.9. The van der Waals surface area contributed by atoms with Crippen LogP contribution in [0.25, 0.3) is 0 Å². The topological polar surface area (TPSA) is 105 Å². The van der Waals surface area contributed by atoms with Gasteiger partial charge >= 0.3 is 0 Å². The van der Waals surface area contributed by atoms with Crippen LogP contribution in [0.15, 0.2) is 30.3 Å². The highest BCUT2D eigenvalue weighted by atomic mass is 79.9. The van der Waals surface area contributed by atoms with Gasteiger partial charge in [-0.25, -0.2) is 4.68 Å². The standard InChI is InChI=1S/C28H42BrN7O3/c1-21(29)9-6-14-26(37)30-15-7-12-24(27-31-32-33-36(27)22(2)23-10-4-3-5-11-23)34-16-18-35(19-17-34)28(38)25-13-8-20-39-25/h3-5,10-11,21-22,24-25H,6-9,12-20H2,1-2H3,(H,30,37)/t21?,22-,24+,25?/m0/s1. The monoisotopic (exact) mass is 603 g/mol. The minimum atomic E-state index is -0.285. The molecule has 11 heteroatoms. The van der Waals surface area contributed by atoms with Gasteiger partial charge in [-0.05, 0) is 61.4 Å². The van der Waals surface area contributed by atoms with E-state index in [2.05, 4.69) is 67.7 Å². The van der Waals surface area contributed by atoms with Crippen molar-refractivity contribution in [3.05, 3.63) is 41.7 Å². The van der Waals surface area contributed by atoms with Gasteiger partial charge in [0.15, 0.2) is 5.82 Å². The van der Waals surface area contributed by atoms with E-state index in [-0.39, 0.29) is 30.0 Å². The van der Waals surface area contributed by atoms with E-state index < -0.39 is 0 Å². The first-order chi connectivity index (χ1) is 18.9. The van der Waals surface area contributed by atoms with Crippen LogP contribution in [-0.4, -0.2) is 92.1 Å². The number of amides is 2. The third-order valence-corrected chi connectivity index (χ3v) is 8.18. The fourth-order valence-corrected chi connectivity index (χ4v) is 5.75. The van der Waals surface area contributed by atoms with Gasteiger partial charge in [-0.1, -0.05) is 53.2 Å². The number of hydrogen-bond acceptors (Lipinski definition) is 7. The maximum Gasteiger partial charge on any atom is 0.251 e. The Kier molecular flexibility index (Phi) is 11.3. The van der Waals surface area contributed by atoms with Crippen molar-refractivity contribution in [3.63, 3.8) is 0 Å². The zero-order valence-corrected chi connectivity index (χ0v) is 24.8. The number of ether oxygens (including phenoxy) is 1. The summed E-state index contributed by atoms with van der Waals surface area (Å²) in [6, 6.07) is 10.2. The maximum atomic E-state index is 12.9. The molecule has 0 aliphatic carbocycles. The van der Waals surface area contributed by atoms with E-state index in [0.29, 0.717) is 37.5 Å².